The normalized spacial score (nSPS) is 16.4. The van der Waals surface area contributed by atoms with Gasteiger partial charge in [-0.25, -0.2) is 9.66 Å². The first-order valence-corrected chi connectivity index (χ1v) is 7.22. The Labute approximate surface area is 119 Å². The van der Waals surface area contributed by atoms with Crippen LogP contribution in [0.15, 0.2) is 18.5 Å². The molecule has 3 rings (SSSR count). The molecule has 1 aliphatic carbocycles. The zero-order valence-electron chi connectivity index (χ0n) is 11.8. The van der Waals surface area contributed by atoms with Crippen LogP contribution in [0.2, 0.25) is 0 Å². The molecule has 0 atom stereocenters. The molecule has 0 aromatic carbocycles. The summed E-state index contributed by atoms with van der Waals surface area (Å²) >= 11 is 0. The molecular formula is C15H21N5. The quantitative estimate of drug-likeness (QED) is 0.822. The molecule has 2 aromatic rings. The van der Waals surface area contributed by atoms with Crippen LogP contribution >= 0.6 is 0 Å². The van der Waals surface area contributed by atoms with Crippen LogP contribution in [0.1, 0.15) is 49.4 Å². The molecule has 0 radical (unpaired) electrons. The van der Waals surface area contributed by atoms with Crippen LogP contribution in [-0.4, -0.2) is 14.6 Å². The van der Waals surface area contributed by atoms with Crippen LogP contribution in [0.4, 0.5) is 5.82 Å². The molecule has 5 heteroatoms. The molecular weight excluding hydrogens is 250 g/mol. The highest BCUT2D eigenvalue weighted by molar-refractivity contribution is 5.73. The van der Waals surface area contributed by atoms with E-state index in [4.69, 9.17) is 16.6 Å². The third kappa shape index (κ3) is 2.13. The summed E-state index contributed by atoms with van der Waals surface area (Å²) < 4.78 is 1.57. The Bertz CT molecular complexity index is 611. The van der Waals surface area contributed by atoms with Crippen LogP contribution in [0, 0.1) is 6.92 Å². The number of anilines is 1. The van der Waals surface area contributed by atoms with Crippen LogP contribution in [0.5, 0.6) is 0 Å². The molecule has 1 fully saturated rings. The summed E-state index contributed by atoms with van der Waals surface area (Å²) in [6.07, 6.45) is 9.69. The predicted octanol–water partition coefficient (Wildman–Crippen LogP) is 2.60. The van der Waals surface area contributed by atoms with E-state index in [0.29, 0.717) is 11.7 Å². The fourth-order valence-electron chi connectivity index (χ4n) is 3.02. The van der Waals surface area contributed by atoms with Gasteiger partial charge in [0.05, 0.1) is 0 Å². The van der Waals surface area contributed by atoms with Gasteiger partial charge in [0.15, 0.2) is 5.82 Å². The summed E-state index contributed by atoms with van der Waals surface area (Å²) in [7, 11) is 0. The third-order valence-electron chi connectivity index (χ3n) is 4.24. The molecule has 2 aromatic heterocycles. The Morgan fingerprint density at radius 2 is 2.00 bits per heavy atom. The first-order chi connectivity index (χ1) is 9.68. The van der Waals surface area contributed by atoms with Crippen molar-refractivity contribution in [1.29, 1.82) is 0 Å². The molecule has 106 valence electrons. The van der Waals surface area contributed by atoms with Crippen LogP contribution in [0.25, 0.3) is 11.3 Å². The Morgan fingerprint density at radius 3 is 2.70 bits per heavy atom. The van der Waals surface area contributed by atoms with E-state index in [-0.39, 0.29) is 0 Å². The number of nitrogens with two attached hydrogens (primary N) is 2. The lowest BCUT2D eigenvalue weighted by molar-refractivity contribution is 0.424. The molecule has 0 bridgehead atoms. The van der Waals surface area contributed by atoms with Gasteiger partial charge >= 0.3 is 0 Å². The van der Waals surface area contributed by atoms with Crippen molar-refractivity contribution in [2.45, 2.75) is 44.9 Å². The monoisotopic (exact) mass is 271 g/mol. The molecule has 20 heavy (non-hydrogen) atoms. The fraction of sp³-hybridized carbons (Fsp3) is 0.467. The first kappa shape index (κ1) is 13.0. The summed E-state index contributed by atoms with van der Waals surface area (Å²) in [6.45, 7) is 2.03. The van der Waals surface area contributed by atoms with Crippen molar-refractivity contribution in [3.05, 3.63) is 29.8 Å². The van der Waals surface area contributed by atoms with E-state index in [9.17, 15) is 0 Å². The number of imidazole rings is 1. The average molecular weight is 271 g/mol. The van der Waals surface area contributed by atoms with Crippen LogP contribution < -0.4 is 11.6 Å². The van der Waals surface area contributed by atoms with E-state index in [1.807, 2.05) is 13.0 Å². The smallest absolute Gasteiger partial charge is 0.150 e. The number of nitrogens with zero attached hydrogens (tertiary/aromatic N) is 3. The first-order valence-electron chi connectivity index (χ1n) is 7.22. The van der Waals surface area contributed by atoms with Crippen molar-refractivity contribution in [3.63, 3.8) is 0 Å². The Morgan fingerprint density at radius 1 is 1.25 bits per heavy atom. The summed E-state index contributed by atoms with van der Waals surface area (Å²) in [4.78, 5) is 8.91. The maximum absolute atomic E-state index is 6.16. The number of pyridine rings is 1. The molecule has 5 nitrogen and oxygen atoms in total. The minimum absolute atomic E-state index is 0.432. The molecule has 0 saturated heterocycles. The number of rotatable bonds is 2. The predicted molar refractivity (Wildman–Crippen MR) is 80.6 cm³/mol. The maximum Gasteiger partial charge on any atom is 0.150 e. The number of aromatic nitrogens is 3. The van der Waals surface area contributed by atoms with E-state index in [1.54, 1.807) is 17.1 Å². The molecule has 1 aliphatic rings. The van der Waals surface area contributed by atoms with E-state index < -0.39 is 0 Å². The van der Waals surface area contributed by atoms with Crippen molar-refractivity contribution in [2.75, 3.05) is 11.6 Å². The van der Waals surface area contributed by atoms with Crippen LogP contribution in [-0.2, 0) is 0 Å². The van der Waals surface area contributed by atoms with E-state index in [0.717, 1.165) is 35.5 Å². The topological polar surface area (TPSA) is 82.8 Å². The van der Waals surface area contributed by atoms with E-state index in [2.05, 4.69) is 4.98 Å². The van der Waals surface area contributed by atoms with Crippen molar-refractivity contribution in [3.8, 4) is 11.3 Å². The van der Waals surface area contributed by atoms with Crippen molar-refractivity contribution in [1.82, 2.24) is 14.6 Å². The third-order valence-corrected chi connectivity index (χ3v) is 4.24. The van der Waals surface area contributed by atoms with Gasteiger partial charge < -0.3 is 11.6 Å². The number of nitrogen functional groups attached to an aromatic ring is 2. The lowest BCUT2D eigenvalue weighted by atomic mass is 9.89. The van der Waals surface area contributed by atoms with Crippen molar-refractivity contribution < 1.29 is 0 Å². The van der Waals surface area contributed by atoms with E-state index in [1.165, 1.54) is 19.3 Å². The van der Waals surface area contributed by atoms with Gasteiger partial charge in [0.25, 0.3) is 0 Å². The summed E-state index contributed by atoms with van der Waals surface area (Å²) in [5, 5.41) is 0. The van der Waals surface area contributed by atoms with Gasteiger partial charge in [-0.15, -0.1) is 0 Å². The van der Waals surface area contributed by atoms with Gasteiger partial charge in [0.2, 0.25) is 0 Å². The number of hydrogen-bond acceptors (Lipinski definition) is 4. The molecule has 0 amide bonds. The minimum atomic E-state index is 0.432. The van der Waals surface area contributed by atoms with Gasteiger partial charge in [-0.3, -0.25) is 4.98 Å². The Kier molecular flexibility index (Phi) is 3.34. The Hall–Kier alpha value is -2.04. The minimum Gasteiger partial charge on any atom is -0.382 e. The van der Waals surface area contributed by atoms with Gasteiger partial charge in [-0.2, -0.15) is 0 Å². The zero-order chi connectivity index (χ0) is 14.1. The van der Waals surface area contributed by atoms with Gasteiger partial charge in [0, 0.05) is 23.9 Å². The zero-order valence-corrected chi connectivity index (χ0v) is 11.8. The summed E-state index contributed by atoms with van der Waals surface area (Å²) in [5.74, 6) is 8.01. The SMILES string of the molecule is Cc1ccncc1-c1nc(C2CCCCC2)n(N)c1N. The maximum atomic E-state index is 6.16. The van der Waals surface area contributed by atoms with E-state index >= 15 is 0 Å². The molecule has 2 heterocycles. The fourth-order valence-corrected chi connectivity index (χ4v) is 3.02. The van der Waals surface area contributed by atoms with Crippen LogP contribution in [0.3, 0.4) is 0 Å². The average Bonchev–Trinajstić information content (AvgIpc) is 2.77. The van der Waals surface area contributed by atoms with Crippen molar-refractivity contribution in [2.24, 2.45) is 0 Å². The van der Waals surface area contributed by atoms with Gasteiger partial charge in [-0.05, 0) is 31.4 Å². The molecule has 1 saturated carbocycles. The molecule has 0 unspecified atom stereocenters. The highest BCUT2D eigenvalue weighted by atomic mass is 15.4. The lowest BCUT2D eigenvalue weighted by Gasteiger charge is -2.20. The second kappa shape index (κ2) is 5.15. The number of hydrogen-bond donors (Lipinski definition) is 2. The largest absolute Gasteiger partial charge is 0.382 e. The standard InChI is InChI=1S/C15H21N5/c1-10-7-8-18-9-12(10)13-14(16)20(17)15(19-13)11-5-3-2-4-6-11/h7-9,11H,2-6,16-17H2,1H3. The molecule has 0 aliphatic heterocycles. The second-order valence-corrected chi connectivity index (χ2v) is 5.60. The lowest BCUT2D eigenvalue weighted by Crippen LogP contribution is -2.19. The highest BCUT2D eigenvalue weighted by Gasteiger charge is 2.24. The van der Waals surface area contributed by atoms with Crippen molar-refractivity contribution >= 4 is 5.82 Å². The van der Waals surface area contributed by atoms with Gasteiger partial charge in [-0.1, -0.05) is 19.3 Å². The molecule has 0 spiro atoms. The number of aryl methyl sites for hydroxylation is 1. The second-order valence-electron chi connectivity index (χ2n) is 5.60. The van der Waals surface area contributed by atoms with Gasteiger partial charge in [0.1, 0.15) is 11.5 Å². The Balaban J connectivity index is 2.03. The highest BCUT2D eigenvalue weighted by Crippen LogP contribution is 2.35. The molecule has 4 N–H and O–H groups in total. The summed E-state index contributed by atoms with van der Waals surface area (Å²) in [5.41, 5.74) is 9.00. The summed E-state index contributed by atoms with van der Waals surface area (Å²) in [6, 6.07) is 1.96.